The van der Waals surface area contributed by atoms with E-state index < -0.39 is 5.97 Å². The zero-order chi connectivity index (χ0) is 17.4. The Hall–Kier alpha value is -1.27. The van der Waals surface area contributed by atoms with Crippen LogP contribution in [0.15, 0.2) is 0 Å². The molecule has 4 atom stereocenters. The Bertz CT molecular complexity index is 429. The average Bonchev–Trinajstić information content (AvgIpc) is 2.86. The van der Waals surface area contributed by atoms with Gasteiger partial charge in [0.25, 0.3) is 0 Å². The minimum atomic E-state index is -0.771. The first kappa shape index (κ1) is 19.1. The fourth-order valence-corrected chi connectivity index (χ4v) is 3.64. The summed E-state index contributed by atoms with van der Waals surface area (Å²) in [5, 5.41) is 8.60. The molecule has 1 heterocycles. The molecule has 0 aromatic carbocycles. The van der Waals surface area contributed by atoms with E-state index in [1.165, 1.54) is 0 Å². The Morgan fingerprint density at radius 1 is 1.25 bits per heavy atom. The Kier molecular flexibility index (Phi) is 7.85. The molecule has 136 valence electrons. The quantitative estimate of drug-likeness (QED) is 0.486. The third-order valence-electron chi connectivity index (χ3n) is 4.99. The van der Waals surface area contributed by atoms with E-state index in [0.717, 1.165) is 44.8 Å². The molecule has 0 aromatic rings. The maximum absolute atomic E-state index is 12.2. The summed E-state index contributed by atoms with van der Waals surface area (Å²) in [5.74, 6) is -1.29. The largest absolute Gasteiger partial charge is 0.481 e. The van der Waals surface area contributed by atoms with Crippen LogP contribution in [0.4, 0.5) is 0 Å². The summed E-state index contributed by atoms with van der Waals surface area (Å²) in [6.45, 7) is 0.677. The van der Waals surface area contributed by atoms with Crippen molar-refractivity contribution in [2.45, 2.75) is 76.6 Å². The van der Waals surface area contributed by atoms with E-state index in [1.807, 2.05) is 0 Å². The number of rotatable bonds is 10. The average molecular weight is 340 g/mol. The summed E-state index contributed by atoms with van der Waals surface area (Å²) in [5.41, 5.74) is 0. The zero-order valence-corrected chi connectivity index (χ0v) is 14.2. The second kappa shape index (κ2) is 9.89. The number of hydrogen-bond donors (Lipinski definition) is 1. The van der Waals surface area contributed by atoms with Crippen LogP contribution in [0.25, 0.3) is 0 Å². The summed E-state index contributed by atoms with van der Waals surface area (Å²) in [4.78, 5) is 34.2. The van der Waals surface area contributed by atoms with Gasteiger partial charge in [0.15, 0.2) is 6.29 Å². The topological polar surface area (TPSA) is 89.9 Å². The molecule has 2 rings (SSSR count). The van der Waals surface area contributed by atoms with Crippen LogP contribution in [-0.2, 0) is 23.9 Å². The van der Waals surface area contributed by atoms with Crippen LogP contribution in [0.2, 0.25) is 0 Å². The lowest BCUT2D eigenvalue weighted by molar-refractivity contribution is -0.194. The van der Waals surface area contributed by atoms with Crippen LogP contribution in [-0.4, -0.2) is 42.1 Å². The lowest BCUT2D eigenvalue weighted by atomic mass is 9.90. The number of carbonyl (C=O) groups excluding carboxylic acids is 2. The van der Waals surface area contributed by atoms with Crippen molar-refractivity contribution >= 4 is 18.0 Å². The lowest BCUT2D eigenvalue weighted by Crippen LogP contribution is -2.32. The van der Waals surface area contributed by atoms with Crippen molar-refractivity contribution in [2.75, 3.05) is 6.61 Å². The summed E-state index contributed by atoms with van der Waals surface area (Å²) in [6.07, 6.45) is 7.55. The van der Waals surface area contributed by atoms with Gasteiger partial charge < -0.3 is 19.4 Å². The Morgan fingerprint density at radius 3 is 2.71 bits per heavy atom. The van der Waals surface area contributed by atoms with Crippen molar-refractivity contribution in [3.63, 3.8) is 0 Å². The van der Waals surface area contributed by atoms with Crippen LogP contribution >= 0.6 is 0 Å². The number of aldehydes is 1. The molecular weight excluding hydrogens is 312 g/mol. The van der Waals surface area contributed by atoms with Gasteiger partial charge in [0, 0.05) is 25.4 Å². The predicted octanol–water partition coefficient (Wildman–Crippen LogP) is 2.73. The molecule has 0 amide bonds. The molecule has 2 fully saturated rings. The number of ether oxygens (including phenoxy) is 2. The molecule has 1 saturated carbocycles. The third kappa shape index (κ3) is 5.67. The maximum atomic E-state index is 12.2. The van der Waals surface area contributed by atoms with E-state index in [-0.39, 0.29) is 36.4 Å². The van der Waals surface area contributed by atoms with Crippen LogP contribution in [0.5, 0.6) is 0 Å². The van der Waals surface area contributed by atoms with E-state index in [1.54, 1.807) is 0 Å². The molecule has 1 aliphatic carbocycles. The second-order valence-electron chi connectivity index (χ2n) is 6.81. The van der Waals surface area contributed by atoms with Gasteiger partial charge in [-0.1, -0.05) is 19.3 Å². The number of ketones is 1. The molecule has 1 unspecified atom stereocenters. The van der Waals surface area contributed by atoms with Crippen molar-refractivity contribution in [1.29, 1.82) is 0 Å². The first-order valence-corrected chi connectivity index (χ1v) is 9.08. The minimum Gasteiger partial charge on any atom is -0.481 e. The maximum Gasteiger partial charge on any atom is 0.303 e. The number of unbranched alkanes of at least 4 members (excludes halogenated alkanes) is 3. The van der Waals surface area contributed by atoms with Crippen LogP contribution in [0, 0.1) is 11.8 Å². The van der Waals surface area contributed by atoms with E-state index in [4.69, 9.17) is 14.6 Å². The SMILES string of the molecule is O=C[C@@H]1[C@@H](OC2CCCCO2)CC(=O)[C@H]1CCCCCCC(=O)O. The van der Waals surface area contributed by atoms with Gasteiger partial charge in [-0.3, -0.25) is 9.59 Å². The zero-order valence-electron chi connectivity index (χ0n) is 14.2. The van der Waals surface area contributed by atoms with E-state index in [9.17, 15) is 14.4 Å². The van der Waals surface area contributed by atoms with Gasteiger partial charge in [-0.05, 0) is 32.1 Å². The lowest BCUT2D eigenvalue weighted by Gasteiger charge is -2.27. The molecule has 6 heteroatoms. The molecule has 2 aliphatic rings. The molecule has 1 saturated heterocycles. The summed E-state index contributed by atoms with van der Waals surface area (Å²) >= 11 is 0. The normalized spacial score (nSPS) is 30.4. The summed E-state index contributed by atoms with van der Waals surface area (Å²) < 4.78 is 11.4. The third-order valence-corrected chi connectivity index (χ3v) is 4.99. The summed E-state index contributed by atoms with van der Waals surface area (Å²) in [6, 6.07) is 0. The second-order valence-corrected chi connectivity index (χ2v) is 6.81. The monoisotopic (exact) mass is 340 g/mol. The highest BCUT2D eigenvalue weighted by Crippen LogP contribution is 2.35. The predicted molar refractivity (Wildman–Crippen MR) is 86.5 cm³/mol. The number of carbonyl (C=O) groups is 3. The van der Waals surface area contributed by atoms with Gasteiger partial charge in [-0.15, -0.1) is 0 Å². The first-order chi connectivity index (χ1) is 11.6. The highest BCUT2D eigenvalue weighted by atomic mass is 16.7. The molecular formula is C18H28O6. The fraction of sp³-hybridized carbons (Fsp3) is 0.833. The van der Waals surface area contributed by atoms with Gasteiger partial charge >= 0.3 is 5.97 Å². The summed E-state index contributed by atoms with van der Waals surface area (Å²) in [7, 11) is 0. The van der Waals surface area contributed by atoms with Gasteiger partial charge in [-0.25, -0.2) is 0 Å². The van der Waals surface area contributed by atoms with E-state index in [2.05, 4.69) is 0 Å². The van der Waals surface area contributed by atoms with Crippen LogP contribution < -0.4 is 0 Å². The molecule has 0 bridgehead atoms. The number of Topliss-reactive ketones (excluding diaryl/α,β-unsaturated/α-hetero) is 1. The smallest absolute Gasteiger partial charge is 0.303 e. The Morgan fingerprint density at radius 2 is 2.04 bits per heavy atom. The number of carboxylic acids is 1. The molecule has 6 nitrogen and oxygen atoms in total. The Labute approximate surface area is 142 Å². The number of carboxylic acid groups (broad SMARTS) is 1. The first-order valence-electron chi connectivity index (χ1n) is 9.08. The van der Waals surface area contributed by atoms with Crippen LogP contribution in [0.3, 0.4) is 0 Å². The number of aliphatic carboxylic acids is 1. The van der Waals surface area contributed by atoms with Crippen molar-refractivity contribution in [1.82, 2.24) is 0 Å². The molecule has 0 aromatic heterocycles. The standard InChI is InChI=1S/C18H28O6/c19-12-14-13(7-3-1-2-4-8-17(21)22)15(20)11-16(14)24-18-9-5-6-10-23-18/h12-14,16,18H,1-11H2,(H,21,22)/t13-,14-,16-,18?/m0/s1. The van der Waals surface area contributed by atoms with Crippen LogP contribution in [0.1, 0.15) is 64.2 Å². The van der Waals surface area contributed by atoms with Gasteiger partial charge in [-0.2, -0.15) is 0 Å². The molecule has 1 N–H and O–H groups in total. The highest BCUT2D eigenvalue weighted by Gasteiger charge is 2.43. The van der Waals surface area contributed by atoms with Gasteiger partial charge in [0.1, 0.15) is 12.1 Å². The molecule has 24 heavy (non-hydrogen) atoms. The van der Waals surface area contributed by atoms with Crippen molar-refractivity contribution < 1.29 is 29.0 Å². The molecule has 1 aliphatic heterocycles. The van der Waals surface area contributed by atoms with Crippen molar-refractivity contribution in [3.05, 3.63) is 0 Å². The molecule has 0 spiro atoms. The minimum absolute atomic E-state index is 0.110. The fourth-order valence-electron chi connectivity index (χ4n) is 3.64. The van der Waals surface area contributed by atoms with Gasteiger partial charge in [0.2, 0.25) is 0 Å². The number of hydrogen-bond acceptors (Lipinski definition) is 5. The molecule has 0 radical (unpaired) electrons. The van der Waals surface area contributed by atoms with Crippen molar-refractivity contribution in [3.8, 4) is 0 Å². The highest BCUT2D eigenvalue weighted by molar-refractivity contribution is 5.88. The van der Waals surface area contributed by atoms with E-state index >= 15 is 0 Å². The Balaban J connectivity index is 1.74. The van der Waals surface area contributed by atoms with E-state index in [0.29, 0.717) is 25.9 Å². The van der Waals surface area contributed by atoms with Gasteiger partial charge in [0.05, 0.1) is 12.0 Å². The van der Waals surface area contributed by atoms with Crippen molar-refractivity contribution in [2.24, 2.45) is 11.8 Å².